The van der Waals surface area contributed by atoms with Gasteiger partial charge >= 0.3 is 0 Å². The maximum absolute atomic E-state index is 12.8. The van der Waals surface area contributed by atoms with Crippen LogP contribution in [0.2, 0.25) is 0 Å². The van der Waals surface area contributed by atoms with E-state index in [-0.39, 0.29) is 23.9 Å². The number of hydrogen-bond donors (Lipinski definition) is 1. The summed E-state index contributed by atoms with van der Waals surface area (Å²) in [6.07, 6.45) is 4.61. The maximum atomic E-state index is 12.8. The van der Waals surface area contributed by atoms with Crippen LogP contribution in [0.15, 0.2) is 52.4 Å². The van der Waals surface area contributed by atoms with Crippen molar-refractivity contribution in [3.63, 3.8) is 0 Å². The average molecular weight is 360 g/mol. The number of fused-ring (bicyclic) bond motifs is 1. The second kappa shape index (κ2) is 6.01. The zero-order valence-corrected chi connectivity index (χ0v) is 14.1. The Morgan fingerprint density at radius 2 is 1.96 bits per heavy atom. The Balaban J connectivity index is 1.50. The van der Waals surface area contributed by atoms with E-state index in [0.29, 0.717) is 29.8 Å². The minimum Gasteiger partial charge on any atom is -0.443 e. The third kappa shape index (κ3) is 2.81. The average Bonchev–Trinajstić information content (AvgIpc) is 3.32. The summed E-state index contributed by atoms with van der Waals surface area (Å²) in [4.78, 5) is 21.0. The van der Waals surface area contributed by atoms with Crippen LogP contribution < -0.4 is 0 Å². The summed E-state index contributed by atoms with van der Waals surface area (Å²) in [5, 5.41) is 0. The van der Waals surface area contributed by atoms with Gasteiger partial charge in [-0.1, -0.05) is 0 Å². The van der Waals surface area contributed by atoms with Gasteiger partial charge in [0.25, 0.3) is 5.91 Å². The van der Waals surface area contributed by atoms with Crippen LogP contribution in [0.25, 0.3) is 11.1 Å². The summed E-state index contributed by atoms with van der Waals surface area (Å²) in [5.41, 5.74) is 1.62. The maximum Gasteiger partial charge on any atom is 0.255 e. The first kappa shape index (κ1) is 15.9. The van der Waals surface area contributed by atoms with Crippen molar-refractivity contribution in [1.82, 2.24) is 19.2 Å². The van der Waals surface area contributed by atoms with Gasteiger partial charge in [-0.15, -0.1) is 0 Å². The molecule has 1 aromatic carbocycles. The monoisotopic (exact) mass is 360 g/mol. The molecule has 1 aliphatic heterocycles. The molecular formula is C16H16N4O4S. The fraction of sp³-hybridized carbons (Fsp3) is 0.250. The van der Waals surface area contributed by atoms with E-state index in [9.17, 15) is 13.2 Å². The highest BCUT2D eigenvalue weighted by Gasteiger charge is 2.30. The Morgan fingerprint density at radius 1 is 1.16 bits per heavy atom. The predicted octanol–water partition coefficient (Wildman–Crippen LogP) is 1.30. The largest absolute Gasteiger partial charge is 0.443 e. The highest BCUT2D eigenvalue weighted by atomic mass is 32.2. The highest BCUT2D eigenvalue weighted by Crippen LogP contribution is 2.22. The van der Waals surface area contributed by atoms with Crippen LogP contribution >= 0.6 is 0 Å². The number of amides is 1. The zero-order valence-electron chi connectivity index (χ0n) is 13.3. The number of oxazole rings is 1. The first-order valence-corrected chi connectivity index (χ1v) is 9.25. The molecule has 2 aromatic heterocycles. The Bertz CT molecular complexity index is 1000. The summed E-state index contributed by atoms with van der Waals surface area (Å²) in [5.74, 6) is -0.0959. The number of aromatic amines is 1. The quantitative estimate of drug-likeness (QED) is 0.759. The normalized spacial score (nSPS) is 16.4. The molecule has 1 fully saturated rings. The number of benzene rings is 1. The number of piperazine rings is 1. The number of H-pyrrole nitrogens is 1. The van der Waals surface area contributed by atoms with E-state index in [2.05, 4.69) is 9.97 Å². The molecule has 0 radical (unpaired) electrons. The van der Waals surface area contributed by atoms with Crippen molar-refractivity contribution >= 4 is 27.0 Å². The number of carbonyl (C=O) groups excluding carboxylic acids is 1. The van der Waals surface area contributed by atoms with Gasteiger partial charge in [-0.25, -0.2) is 13.4 Å². The molecule has 1 aliphatic rings. The summed E-state index contributed by atoms with van der Waals surface area (Å²) >= 11 is 0. The Labute approximate surface area is 144 Å². The second-order valence-corrected chi connectivity index (χ2v) is 7.72. The highest BCUT2D eigenvalue weighted by molar-refractivity contribution is 7.89. The van der Waals surface area contributed by atoms with E-state index < -0.39 is 10.0 Å². The Hall–Kier alpha value is -2.65. The van der Waals surface area contributed by atoms with Gasteiger partial charge in [-0.2, -0.15) is 4.31 Å². The van der Waals surface area contributed by atoms with Crippen LogP contribution in [0, 0.1) is 0 Å². The van der Waals surface area contributed by atoms with Crippen LogP contribution in [0.3, 0.4) is 0 Å². The van der Waals surface area contributed by atoms with Gasteiger partial charge in [-0.05, 0) is 18.2 Å². The van der Waals surface area contributed by atoms with E-state index in [4.69, 9.17) is 4.42 Å². The van der Waals surface area contributed by atoms with Crippen molar-refractivity contribution in [2.24, 2.45) is 0 Å². The zero-order chi connectivity index (χ0) is 17.4. The van der Waals surface area contributed by atoms with Gasteiger partial charge in [0.1, 0.15) is 5.52 Å². The molecule has 1 N–H and O–H groups in total. The smallest absolute Gasteiger partial charge is 0.255 e. The van der Waals surface area contributed by atoms with E-state index in [1.165, 1.54) is 22.8 Å². The summed E-state index contributed by atoms with van der Waals surface area (Å²) < 4.78 is 32.2. The van der Waals surface area contributed by atoms with E-state index in [0.717, 1.165) is 0 Å². The van der Waals surface area contributed by atoms with Gasteiger partial charge in [-0.3, -0.25) is 4.79 Å². The van der Waals surface area contributed by atoms with Gasteiger partial charge in [0.05, 0.1) is 10.5 Å². The lowest BCUT2D eigenvalue weighted by Crippen LogP contribution is -2.50. The summed E-state index contributed by atoms with van der Waals surface area (Å²) in [7, 11) is -3.63. The number of rotatable bonds is 3. The Kier molecular flexibility index (Phi) is 3.81. The predicted molar refractivity (Wildman–Crippen MR) is 89.5 cm³/mol. The van der Waals surface area contributed by atoms with Gasteiger partial charge in [0, 0.05) is 44.6 Å². The molecule has 25 heavy (non-hydrogen) atoms. The molecule has 0 aliphatic carbocycles. The molecule has 0 saturated carbocycles. The molecule has 3 heterocycles. The van der Waals surface area contributed by atoms with Crippen molar-refractivity contribution in [3.05, 3.63) is 48.6 Å². The van der Waals surface area contributed by atoms with Gasteiger partial charge in [0.2, 0.25) is 10.0 Å². The second-order valence-electron chi connectivity index (χ2n) is 5.78. The molecule has 130 valence electrons. The van der Waals surface area contributed by atoms with Crippen LogP contribution in [0.1, 0.15) is 10.4 Å². The molecular weight excluding hydrogens is 344 g/mol. The van der Waals surface area contributed by atoms with Crippen molar-refractivity contribution in [3.8, 4) is 0 Å². The topological polar surface area (TPSA) is 99.5 Å². The fourth-order valence-corrected chi connectivity index (χ4v) is 4.35. The first-order chi connectivity index (χ1) is 12.1. The van der Waals surface area contributed by atoms with E-state index in [1.54, 1.807) is 29.4 Å². The third-order valence-electron chi connectivity index (χ3n) is 4.31. The van der Waals surface area contributed by atoms with Crippen molar-refractivity contribution in [1.29, 1.82) is 0 Å². The van der Waals surface area contributed by atoms with Crippen molar-refractivity contribution < 1.29 is 17.6 Å². The summed E-state index contributed by atoms with van der Waals surface area (Å²) in [6.45, 7) is 1.22. The minimum absolute atomic E-state index is 0.0959. The molecule has 0 spiro atoms. The van der Waals surface area contributed by atoms with Crippen molar-refractivity contribution in [2.45, 2.75) is 4.90 Å². The lowest BCUT2D eigenvalue weighted by molar-refractivity contribution is 0.0698. The lowest BCUT2D eigenvalue weighted by Gasteiger charge is -2.33. The fourth-order valence-electron chi connectivity index (χ4n) is 2.92. The molecule has 9 heteroatoms. The molecule has 0 atom stereocenters. The van der Waals surface area contributed by atoms with Gasteiger partial charge in [0.15, 0.2) is 12.0 Å². The van der Waals surface area contributed by atoms with Crippen LogP contribution in [0.5, 0.6) is 0 Å². The number of hydrogen-bond acceptors (Lipinski definition) is 5. The molecule has 0 unspecified atom stereocenters. The van der Waals surface area contributed by atoms with Gasteiger partial charge < -0.3 is 14.3 Å². The van der Waals surface area contributed by atoms with Crippen LogP contribution in [-0.4, -0.2) is 59.7 Å². The third-order valence-corrected chi connectivity index (χ3v) is 6.21. The van der Waals surface area contributed by atoms with Crippen LogP contribution in [-0.2, 0) is 10.0 Å². The molecule has 3 aromatic rings. The van der Waals surface area contributed by atoms with Crippen LogP contribution in [0.4, 0.5) is 0 Å². The Morgan fingerprint density at radius 3 is 2.68 bits per heavy atom. The lowest BCUT2D eigenvalue weighted by atomic mass is 10.2. The van der Waals surface area contributed by atoms with E-state index in [1.807, 2.05) is 0 Å². The number of nitrogens with zero attached hydrogens (tertiary/aromatic N) is 3. The molecule has 1 amide bonds. The van der Waals surface area contributed by atoms with E-state index >= 15 is 0 Å². The minimum atomic E-state index is -3.63. The van der Waals surface area contributed by atoms with Crippen molar-refractivity contribution in [2.75, 3.05) is 26.2 Å². The molecule has 1 saturated heterocycles. The first-order valence-electron chi connectivity index (χ1n) is 7.81. The number of carbonyl (C=O) groups is 1. The number of aromatic nitrogens is 2. The molecule has 8 nitrogen and oxygen atoms in total. The number of nitrogens with one attached hydrogen (secondary N) is 1. The summed E-state index contributed by atoms with van der Waals surface area (Å²) in [6, 6.07) is 6.34. The molecule has 4 rings (SSSR count). The SMILES string of the molecule is O=C(c1cc[nH]c1)N1CCN(S(=O)(=O)c2ccc3ncoc3c2)CC1. The molecule has 0 bridgehead atoms. The standard InChI is InChI=1S/C16H16N4O4S/c21-16(12-3-4-17-10-12)19-5-7-20(8-6-19)25(22,23)13-1-2-14-15(9-13)24-11-18-14/h1-4,9-11,17H,5-8H2. The number of sulfonamides is 1.